The van der Waals surface area contributed by atoms with E-state index in [1.54, 1.807) is 11.9 Å². The van der Waals surface area contributed by atoms with E-state index < -0.39 is 0 Å². The Hall–Kier alpha value is -1.24. The highest BCUT2D eigenvalue weighted by atomic mass is 32.1. The molecule has 0 saturated carbocycles. The number of unbranched alkanes of at least 4 members (excludes halogenated alkanes) is 1. The van der Waals surface area contributed by atoms with Crippen LogP contribution in [0.15, 0.2) is 0 Å². The normalized spacial score (nSPS) is 8.56. The van der Waals surface area contributed by atoms with Gasteiger partial charge >= 0.3 is 0 Å². The molecule has 0 aromatic carbocycles. The zero-order chi connectivity index (χ0) is 11.3. The number of hydrogen-bond donors (Lipinski definition) is 1. The lowest BCUT2D eigenvalue weighted by atomic mass is 10.3. The summed E-state index contributed by atoms with van der Waals surface area (Å²) >= 11 is 4.87. The summed E-state index contributed by atoms with van der Waals surface area (Å²) in [5.41, 5.74) is 0. The number of tetrazole rings is 1. The minimum absolute atomic E-state index is 0. The van der Waals surface area contributed by atoms with Gasteiger partial charge in [0.2, 0.25) is 10.7 Å². The van der Waals surface area contributed by atoms with Crippen LogP contribution in [0.25, 0.3) is 0 Å². The lowest BCUT2D eigenvalue weighted by Crippen LogP contribution is -2.31. The molecule has 0 aliphatic carbocycles. The van der Waals surface area contributed by atoms with E-state index >= 15 is 0 Å². The van der Waals surface area contributed by atoms with Crippen LogP contribution in [0.2, 0.25) is 0 Å². The lowest BCUT2D eigenvalue weighted by molar-refractivity contribution is -0.130. The van der Waals surface area contributed by atoms with Crippen molar-refractivity contribution >= 4 is 18.1 Å². The van der Waals surface area contributed by atoms with Crippen LogP contribution in [-0.4, -0.2) is 44.6 Å². The van der Waals surface area contributed by atoms with Crippen LogP contribution in [0, 0.1) is 4.77 Å². The Morgan fingerprint density at radius 1 is 1.44 bits per heavy atom. The summed E-state index contributed by atoms with van der Waals surface area (Å²) in [5.74, 6) is 0.00519. The van der Waals surface area contributed by atoms with E-state index in [1.807, 2.05) is 0 Å². The summed E-state index contributed by atoms with van der Waals surface area (Å²) in [5, 5.41) is 9.65. The van der Waals surface area contributed by atoms with Gasteiger partial charge in [0.25, 0.3) is 0 Å². The summed E-state index contributed by atoms with van der Waals surface area (Å²) in [7, 11) is 1.78. The van der Waals surface area contributed by atoms with Gasteiger partial charge in [-0.25, -0.2) is 4.68 Å². The molecule has 0 radical (unpaired) electrons. The molecule has 0 aliphatic rings. The molecular formula is C11H27N5OS. The van der Waals surface area contributed by atoms with Crippen molar-refractivity contribution < 1.29 is 4.79 Å². The fourth-order valence-electron chi connectivity index (χ4n) is 1.09. The largest absolute Gasteiger partial charge is 0.344 e. The van der Waals surface area contributed by atoms with Gasteiger partial charge in [0.15, 0.2) is 0 Å². The van der Waals surface area contributed by atoms with Crippen LogP contribution in [0.4, 0.5) is 0 Å². The van der Waals surface area contributed by atoms with Crippen LogP contribution in [0.5, 0.6) is 0 Å². The van der Waals surface area contributed by atoms with Gasteiger partial charge < -0.3 is 4.90 Å². The third-order valence-electron chi connectivity index (χ3n) is 2.10. The second kappa shape index (κ2) is 10.9. The first kappa shape index (κ1) is 22.0. The number of likely N-dealkylation sites (N-methyl/N-ethyl adjacent to an activating group) is 1. The Morgan fingerprint density at radius 3 is 2.50 bits per heavy atom. The second-order valence-corrected chi connectivity index (χ2v) is 3.70. The summed E-state index contributed by atoms with van der Waals surface area (Å²) < 4.78 is 1.74. The molecule has 1 rings (SSSR count). The van der Waals surface area contributed by atoms with Crippen molar-refractivity contribution in [1.29, 1.82) is 0 Å². The predicted molar refractivity (Wildman–Crippen MR) is 77.9 cm³/mol. The molecule has 0 unspecified atom stereocenters. The van der Waals surface area contributed by atoms with E-state index in [2.05, 4.69) is 22.4 Å². The van der Waals surface area contributed by atoms with Gasteiger partial charge in [-0.3, -0.25) is 4.79 Å². The third-order valence-corrected chi connectivity index (χ3v) is 2.40. The SMILES string of the molecule is C.C.C.CCCCN(C)C(=O)Cn1[nH]nnc1=S. The zero-order valence-corrected chi connectivity index (χ0v) is 9.75. The number of carbonyl (C=O) groups excluding carboxylic acids is 1. The standard InChI is InChI=1S/C8H15N5OS.3CH4/c1-3-4-5-12(2)7(14)6-13-8(15)9-10-11-13;;;/h3-6H2,1-2H3,(H,9,11,15);3*1H4. The minimum Gasteiger partial charge on any atom is -0.344 e. The van der Waals surface area contributed by atoms with Gasteiger partial charge in [0, 0.05) is 13.6 Å². The van der Waals surface area contributed by atoms with Gasteiger partial charge in [-0.15, -0.1) is 0 Å². The molecule has 0 spiro atoms. The lowest BCUT2D eigenvalue weighted by Gasteiger charge is -2.16. The predicted octanol–water partition coefficient (Wildman–Crippen LogP) is 2.50. The number of nitrogens with one attached hydrogen (secondary N) is 1. The molecular weight excluding hydrogens is 250 g/mol. The third kappa shape index (κ3) is 6.48. The first-order valence-corrected chi connectivity index (χ1v) is 5.27. The van der Waals surface area contributed by atoms with Gasteiger partial charge in [0.1, 0.15) is 6.54 Å². The van der Waals surface area contributed by atoms with Crippen molar-refractivity contribution in [1.82, 2.24) is 25.1 Å². The summed E-state index contributed by atoms with van der Waals surface area (Å²) in [6.45, 7) is 3.03. The monoisotopic (exact) mass is 277 g/mol. The van der Waals surface area contributed by atoms with Crippen LogP contribution < -0.4 is 0 Å². The molecule has 0 fully saturated rings. The summed E-state index contributed by atoms with van der Waals surface area (Å²) in [6, 6.07) is 0. The molecule has 1 aromatic rings. The van der Waals surface area contributed by atoms with Gasteiger partial charge in [-0.05, 0) is 18.6 Å². The van der Waals surface area contributed by atoms with Crippen LogP contribution in [0.3, 0.4) is 0 Å². The second-order valence-electron chi connectivity index (χ2n) is 3.34. The molecule has 7 heteroatoms. The Kier molecular flexibility index (Phi) is 13.3. The minimum atomic E-state index is 0. The number of hydrogen-bond acceptors (Lipinski definition) is 4. The maximum Gasteiger partial charge on any atom is 0.244 e. The van der Waals surface area contributed by atoms with E-state index in [-0.39, 0.29) is 34.7 Å². The van der Waals surface area contributed by atoms with Gasteiger partial charge in [-0.1, -0.05) is 45.9 Å². The molecule has 0 saturated heterocycles. The van der Waals surface area contributed by atoms with E-state index in [9.17, 15) is 4.79 Å². The molecule has 0 atom stereocenters. The number of amides is 1. The average molecular weight is 277 g/mol. The fourth-order valence-corrected chi connectivity index (χ4v) is 1.24. The van der Waals surface area contributed by atoms with E-state index in [4.69, 9.17) is 12.2 Å². The molecule has 1 amide bonds. The van der Waals surface area contributed by atoms with E-state index in [0.29, 0.717) is 4.77 Å². The highest BCUT2D eigenvalue weighted by molar-refractivity contribution is 7.71. The summed E-state index contributed by atoms with van der Waals surface area (Å²) in [4.78, 5) is 13.3. The molecule has 108 valence electrons. The Morgan fingerprint density at radius 2 is 2.06 bits per heavy atom. The van der Waals surface area contributed by atoms with Crippen molar-refractivity contribution in [3.63, 3.8) is 0 Å². The van der Waals surface area contributed by atoms with Crippen LogP contribution in [-0.2, 0) is 11.3 Å². The topological polar surface area (TPSA) is 66.8 Å². The zero-order valence-electron chi connectivity index (χ0n) is 8.93. The quantitative estimate of drug-likeness (QED) is 0.840. The van der Waals surface area contributed by atoms with Crippen LogP contribution >= 0.6 is 12.2 Å². The molecule has 1 N–H and O–H groups in total. The smallest absolute Gasteiger partial charge is 0.244 e. The number of H-pyrrole nitrogens is 1. The maximum absolute atomic E-state index is 11.7. The molecule has 6 nitrogen and oxygen atoms in total. The number of nitrogens with zero attached hydrogens (tertiary/aromatic N) is 4. The molecule has 0 bridgehead atoms. The average Bonchev–Trinajstić information content (AvgIpc) is 2.61. The first-order valence-electron chi connectivity index (χ1n) is 4.87. The Labute approximate surface area is 115 Å². The number of aromatic amines is 1. The maximum atomic E-state index is 11.7. The van der Waals surface area contributed by atoms with Crippen molar-refractivity contribution in [3.8, 4) is 0 Å². The van der Waals surface area contributed by atoms with Gasteiger partial charge in [0.05, 0.1) is 0 Å². The number of carbonyl (C=O) groups is 1. The molecule has 18 heavy (non-hydrogen) atoms. The number of aromatic nitrogens is 4. The fraction of sp³-hybridized carbons (Fsp3) is 0.818. The van der Waals surface area contributed by atoms with Crippen LogP contribution in [0.1, 0.15) is 42.0 Å². The molecule has 0 aliphatic heterocycles. The summed E-state index contributed by atoms with van der Waals surface area (Å²) in [6.07, 6.45) is 2.08. The highest BCUT2D eigenvalue weighted by Crippen LogP contribution is 1.94. The van der Waals surface area contributed by atoms with E-state index in [0.717, 1.165) is 19.4 Å². The molecule has 1 heterocycles. The Bertz CT molecular complexity index is 374. The van der Waals surface area contributed by atoms with Crippen molar-refractivity contribution in [2.45, 2.75) is 48.6 Å². The van der Waals surface area contributed by atoms with E-state index in [1.165, 1.54) is 4.68 Å². The van der Waals surface area contributed by atoms with Crippen molar-refractivity contribution in [2.75, 3.05) is 13.6 Å². The van der Waals surface area contributed by atoms with Gasteiger partial charge in [-0.2, -0.15) is 5.21 Å². The van der Waals surface area contributed by atoms with Crippen molar-refractivity contribution in [3.05, 3.63) is 4.77 Å². The first-order chi connectivity index (χ1) is 7.15. The molecule has 1 aromatic heterocycles. The number of rotatable bonds is 5. The highest BCUT2D eigenvalue weighted by Gasteiger charge is 2.09. The Balaban J connectivity index is -0.000000750. The van der Waals surface area contributed by atoms with Crippen molar-refractivity contribution in [2.24, 2.45) is 0 Å².